The van der Waals surface area contributed by atoms with Gasteiger partial charge in [-0.1, -0.05) is 0 Å². The van der Waals surface area contributed by atoms with Crippen LogP contribution in [0.2, 0.25) is 0 Å². The predicted molar refractivity (Wildman–Crippen MR) is 24.9 cm³/mol. The SMILES string of the molecule is O=C(O)P.[NaH]. The maximum absolute atomic E-state index is 8.96. The van der Waals surface area contributed by atoms with Crippen molar-refractivity contribution >= 4 is 44.5 Å². The summed E-state index contributed by atoms with van der Waals surface area (Å²) in [5.41, 5.74) is -0.917. The Balaban J connectivity index is 0. The van der Waals surface area contributed by atoms with Crippen molar-refractivity contribution in [2.24, 2.45) is 0 Å². The van der Waals surface area contributed by atoms with Gasteiger partial charge in [0.15, 0.2) is 0 Å². The molecule has 4 heteroatoms. The molecule has 5 heavy (non-hydrogen) atoms. The first-order chi connectivity index (χ1) is 1.73. The van der Waals surface area contributed by atoms with Crippen molar-refractivity contribution in [1.82, 2.24) is 0 Å². The number of hydrogen-bond acceptors (Lipinski definition) is 1. The standard InChI is InChI=1S/CH3O2P.Na.H/c2-1(3)4;;/h4H2,(H,2,3);;. The zero-order valence-electron chi connectivity index (χ0n) is 1.93. The van der Waals surface area contributed by atoms with Crippen molar-refractivity contribution in [3.63, 3.8) is 0 Å². The molecule has 0 heterocycles. The van der Waals surface area contributed by atoms with E-state index in [1.165, 1.54) is 0 Å². The van der Waals surface area contributed by atoms with Crippen LogP contribution in [0.25, 0.3) is 0 Å². The first-order valence-electron chi connectivity index (χ1n) is 0.716. The van der Waals surface area contributed by atoms with Crippen molar-refractivity contribution in [3.05, 3.63) is 0 Å². The fourth-order valence-corrected chi connectivity index (χ4v) is 0. The average Bonchev–Trinajstić information content (AvgIpc) is 0.811. The summed E-state index contributed by atoms with van der Waals surface area (Å²) < 4.78 is 0. The first kappa shape index (κ1) is 9.31. The number of hydrogen-bond donors (Lipinski definition) is 1. The molecule has 1 atom stereocenters. The molecule has 0 aliphatic carbocycles. The minimum atomic E-state index is -0.917. The molecule has 0 fully saturated rings. The Hall–Kier alpha value is 0.900. The van der Waals surface area contributed by atoms with Gasteiger partial charge in [-0.05, 0) is 9.24 Å². The molecule has 0 saturated carbocycles. The van der Waals surface area contributed by atoms with Gasteiger partial charge in [0.05, 0.1) is 0 Å². The summed E-state index contributed by atoms with van der Waals surface area (Å²) in [7, 11) is 1.57. The van der Waals surface area contributed by atoms with Crippen LogP contribution < -0.4 is 0 Å². The van der Waals surface area contributed by atoms with Gasteiger partial charge in [-0.15, -0.1) is 0 Å². The van der Waals surface area contributed by atoms with E-state index < -0.39 is 5.71 Å². The number of carboxylic acid groups (broad SMARTS) is 1. The van der Waals surface area contributed by atoms with Gasteiger partial charge in [-0.25, -0.2) is 4.79 Å². The van der Waals surface area contributed by atoms with E-state index in [0.29, 0.717) is 0 Å². The van der Waals surface area contributed by atoms with Crippen molar-refractivity contribution < 1.29 is 9.90 Å². The van der Waals surface area contributed by atoms with Crippen LogP contribution in [0, 0.1) is 0 Å². The maximum atomic E-state index is 8.96. The van der Waals surface area contributed by atoms with E-state index in [2.05, 4.69) is 0 Å². The molecule has 2 nitrogen and oxygen atoms in total. The molecule has 0 bridgehead atoms. The quantitative estimate of drug-likeness (QED) is 0.342. The molecule has 0 aromatic rings. The topological polar surface area (TPSA) is 37.3 Å². The third-order valence-corrected chi connectivity index (χ3v) is 0. The molecule has 0 aliphatic heterocycles. The average molecular weight is 102 g/mol. The van der Waals surface area contributed by atoms with E-state index in [9.17, 15) is 0 Å². The summed E-state index contributed by atoms with van der Waals surface area (Å²) in [4.78, 5) is 8.96. The Morgan fingerprint density at radius 3 is 1.80 bits per heavy atom. The van der Waals surface area contributed by atoms with Gasteiger partial charge in [0.1, 0.15) is 0 Å². The fraction of sp³-hybridized carbons (Fsp3) is 0. The molecule has 0 rings (SSSR count). The van der Waals surface area contributed by atoms with Crippen LogP contribution in [-0.4, -0.2) is 40.4 Å². The second-order valence-electron chi connectivity index (χ2n) is 0.338. The van der Waals surface area contributed by atoms with Crippen molar-refractivity contribution in [1.29, 1.82) is 0 Å². The summed E-state index contributed by atoms with van der Waals surface area (Å²) in [6.45, 7) is 0. The molecule has 0 aliphatic rings. The van der Waals surface area contributed by atoms with E-state index in [0.717, 1.165) is 0 Å². The number of rotatable bonds is 0. The summed E-state index contributed by atoms with van der Waals surface area (Å²) in [5.74, 6) is 0. The molecule has 0 amide bonds. The Labute approximate surface area is 54.4 Å². The third kappa shape index (κ3) is 50.9. The molecule has 0 aromatic heterocycles. The van der Waals surface area contributed by atoms with Crippen LogP contribution in [0.5, 0.6) is 0 Å². The van der Waals surface area contributed by atoms with Crippen LogP contribution in [0.4, 0.5) is 4.79 Å². The zero-order valence-corrected chi connectivity index (χ0v) is 3.09. The Bertz CT molecular complexity index is 32.6. The predicted octanol–water partition coefficient (Wildman–Crippen LogP) is -0.109. The zero-order chi connectivity index (χ0) is 3.58. The van der Waals surface area contributed by atoms with Gasteiger partial charge in [0.25, 0.3) is 0 Å². The van der Waals surface area contributed by atoms with Crippen molar-refractivity contribution in [2.75, 3.05) is 0 Å². The Morgan fingerprint density at radius 2 is 1.80 bits per heavy atom. The van der Waals surface area contributed by atoms with Crippen LogP contribution in [0.3, 0.4) is 0 Å². The van der Waals surface area contributed by atoms with E-state index in [1.807, 2.05) is 0 Å². The monoisotopic (exact) mass is 102 g/mol. The first-order valence-corrected chi connectivity index (χ1v) is 1.29. The second-order valence-corrected chi connectivity index (χ2v) is 0.832. The van der Waals surface area contributed by atoms with Crippen molar-refractivity contribution in [2.45, 2.75) is 0 Å². The molecule has 1 N–H and O–H groups in total. The third-order valence-electron chi connectivity index (χ3n) is 0. The molecule has 0 spiro atoms. The van der Waals surface area contributed by atoms with E-state index in [-0.39, 0.29) is 29.6 Å². The minimum absolute atomic E-state index is 0. The Kier molecular flexibility index (Phi) is 9.13. The van der Waals surface area contributed by atoms with Crippen LogP contribution in [0.1, 0.15) is 0 Å². The van der Waals surface area contributed by atoms with Crippen LogP contribution in [-0.2, 0) is 0 Å². The van der Waals surface area contributed by atoms with E-state index in [4.69, 9.17) is 9.90 Å². The molecule has 1 unspecified atom stereocenters. The number of carbonyl (C=O) groups is 1. The molecular formula is CH4NaO2P. The summed E-state index contributed by atoms with van der Waals surface area (Å²) in [6, 6.07) is 0. The van der Waals surface area contributed by atoms with Crippen molar-refractivity contribution in [3.8, 4) is 0 Å². The van der Waals surface area contributed by atoms with Gasteiger partial charge in [-0.3, -0.25) is 0 Å². The van der Waals surface area contributed by atoms with Gasteiger partial charge < -0.3 is 5.11 Å². The Morgan fingerprint density at radius 1 is 1.80 bits per heavy atom. The molecular weight excluding hydrogens is 98.0 g/mol. The summed E-state index contributed by atoms with van der Waals surface area (Å²) in [6.07, 6.45) is 0. The van der Waals surface area contributed by atoms with Gasteiger partial charge >= 0.3 is 35.3 Å². The molecule has 0 radical (unpaired) electrons. The summed E-state index contributed by atoms with van der Waals surface area (Å²) >= 11 is 0. The van der Waals surface area contributed by atoms with Gasteiger partial charge in [0.2, 0.25) is 0 Å². The second kappa shape index (κ2) is 4.90. The molecule has 26 valence electrons. The summed E-state index contributed by atoms with van der Waals surface area (Å²) in [5, 5.41) is 7.38. The van der Waals surface area contributed by atoms with Gasteiger partial charge in [-0.2, -0.15) is 0 Å². The van der Waals surface area contributed by atoms with Crippen LogP contribution >= 0.6 is 9.24 Å². The molecule has 0 saturated heterocycles. The normalized spacial score (nSPS) is 5.00. The van der Waals surface area contributed by atoms with E-state index >= 15 is 0 Å². The molecule has 0 aromatic carbocycles. The fourth-order valence-electron chi connectivity index (χ4n) is 0. The van der Waals surface area contributed by atoms with Gasteiger partial charge in [0, 0.05) is 0 Å². The van der Waals surface area contributed by atoms with E-state index in [1.54, 1.807) is 9.24 Å². The van der Waals surface area contributed by atoms with Crippen LogP contribution in [0.15, 0.2) is 0 Å².